The van der Waals surface area contributed by atoms with E-state index in [1.54, 1.807) is 0 Å². The van der Waals surface area contributed by atoms with Gasteiger partial charge < -0.3 is 20.1 Å². The van der Waals surface area contributed by atoms with Gasteiger partial charge in [-0.1, -0.05) is 0 Å². The standard InChI is InChI=1S/C15H30N2O3/c1-14(2,3)20-13(18)17-15(4,5)11-16-10-12-6-8-19-9-7-12/h12,16H,6-11H2,1-5H3,(H,17,18). The lowest BCUT2D eigenvalue weighted by Gasteiger charge is -2.30. The lowest BCUT2D eigenvalue weighted by molar-refractivity contribution is 0.0468. The van der Waals surface area contributed by atoms with Crippen LogP contribution in [-0.4, -0.2) is 43.5 Å². The van der Waals surface area contributed by atoms with Gasteiger partial charge in [-0.3, -0.25) is 0 Å². The van der Waals surface area contributed by atoms with Crippen LogP contribution in [0.5, 0.6) is 0 Å². The van der Waals surface area contributed by atoms with Gasteiger partial charge in [0.25, 0.3) is 0 Å². The molecule has 1 amide bonds. The number of hydrogen-bond acceptors (Lipinski definition) is 4. The van der Waals surface area contributed by atoms with Gasteiger partial charge in [-0.05, 0) is 59.9 Å². The molecular weight excluding hydrogens is 256 g/mol. The van der Waals surface area contributed by atoms with Gasteiger partial charge >= 0.3 is 6.09 Å². The summed E-state index contributed by atoms with van der Waals surface area (Å²) in [5.74, 6) is 0.682. The number of amides is 1. The van der Waals surface area contributed by atoms with E-state index < -0.39 is 5.60 Å². The number of ether oxygens (including phenoxy) is 2. The van der Waals surface area contributed by atoms with Crippen LogP contribution < -0.4 is 10.6 Å². The minimum Gasteiger partial charge on any atom is -0.444 e. The monoisotopic (exact) mass is 286 g/mol. The molecule has 0 saturated carbocycles. The third kappa shape index (κ3) is 7.70. The minimum atomic E-state index is -0.463. The molecule has 20 heavy (non-hydrogen) atoms. The topological polar surface area (TPSA) is 59.6 Å². The highest BCUT2D eigenvalue weighted by atomic mass is 16.6. The SMILES string of the molecule is CC(C)(CNCC1CCOCC1)NC(=O)OC(C)(C)C. The molecule has 0 spiro atoms. The fourth-order valence-electron chi connectivity index (χ4n) is 2.16. The molecule has 0 unspecified atom stereocenters. The summed E-state index contributed by atoms with van der Waals surface area (Å²) in [7, 11) is 0. The molecule has 118 valence electrons. The van der Waals surface area contributed by atoms with E-state index in [1.807, 2.05) is 34.6 Å². The number of hydrogen-bond donors (Lipinski definition) is 2. The van der Waals surface area contributed by atoms with Crippen molar-refractivity contribution in [3.05, 3.63) is 0 Å². The quantitative estimate of drug-likeness (QED) is 0.814. The number of carbonyl (C=O) groups excluding carboxylic acids is 1. The van der Waals surface area contributed by atoms with Crippen LogP contribution in [0.1, 0.15) is 47.5 Å². The Labute approximate surface area is 122 Å². The van der Waals surface area contributed by atoms with E-state index in [1.165, 1.54) is 0 Å². The zero-order valence-electron chi connectivity index (χ0n) is 13.5. The predicted octanol–water partition coefficient (Wildman–Crippen LogP) is 2.31. The summed E-state index contributed by atoms with van der Waals surface area (Å²) in [6.45, 7) is 13.0. The summed E-state index contributed by atoms with van der Waals surface area (Å²) < 4.78 is 10.6. The average Bonchev–Trinajstić information content (AvgIpc) is 2.26. The number of rotatable bonds is 5. The fourth-order valence-corrected chi connectivity index (χ4v) is 2.16. The van der Waals surface area contributed by atoms with Gasteiger partial charge in [0.15, 0.2) is 0 Å². The molecule has 1 aliphatic rings. The second-order valence-electron chi connectivity index (χ2n) is 7.20. The Morgan fingerprint density at radius 3 is 2.35 bits per heavy atom. The fraction of sp³-hybridized carbons (Fsp3) is 0.933. The Morgan fingerprint density at radius 1 is 1.20 bits per heavy atom. The molecule has 0 aromatic rings. The molecule has 5 heteroatoms. The second kappa shape index (κ2) is 7.27. The molecule has 2 N–H and O–H groups in total. The van der Waals surface area contributed by atoms with E-state index in [0.717, 1.165) is 39.1 Å². The predicted molar refractivity (Wildman–Crippen MR) is 79.9 cm³/mol. The zero-order valence-corrected chi connectivity index (χ0v) is 13.5. The summed E-state index contributed by atoms with van der Waals surface area (Å²) in [6.07, 6.45) is 1.87. The van der Waals surface area contributed by atoms with Crippen LogP contribution in [0.4, 0.5) is 4.79 Å². The molecule has 0 aliphatic carbocycles. The lowest BCUT2D eigenvalue weighted by Crippen LogP contribution is -2.52. The first-order valence-corrected chi connectivity index (χ1v) is 7.48. The zero-order chi connectivity index (χ0) is 15.2. The summed E-state index contributed by atoms with van der Waals surface area (Å²) in [4.78, 5) is 11.8. The maximum absolute atomic E-state index is 11.8. The van der Waals surface area contributed by atoms with Gasteiger partial charge in [-0.15, -0.1) is 0 Å². The molecule has 1 fully saturated rings. The Morgan fingerprint density at radius 2 is 1.80 bits per heavy atom. The van der Waals surface area contributed by atoms with E-state index in [2.05, 4.69) is 10.6 Å². The van der Waals surface area contributed by atoms with Crippen LogP contribution in [0.25, 0.3) is 0 Å². The normalized spacial score (nSPS) is 17.9. The van der Waals surface area contributed by atoms with Crippen LogP contribution in [0, 0.1) is 5.92 Å². The summed E-state index contributed by atoms with van der Waals surface area (Å²) >= 11 is 0. The molecule has 0 aromatic carbocycles. The largest absolute Gasteiger partial charge is 0.444 e. The third-order valence-electron chi connectivity index (χ3n) is 3.18. The van der Waals surface area contributed by atoms with E-state index in [4.69, 9.17) is 9.47 Å². The van der Waals surface area contributed by atoms with E-state index in [-0.39, 0.29) is 11.6 Å². The van der Waals surface area contributed by atoms with Crippen molar-refractivity contribution in [3.8, 4) is 0 Å². The van der Waals surface area contributed by atoms with Gasteiger partial charge in [-0.2, -0.15) is 0 Å². The van der Waals surface area contributed by atoms with Crippen molar-refractivity contribution in [1.82, 2.24) is 10.6 Å². The average molecular weight is 286 g/mol. The Kier molecular flexibility index (Phi) is 6.27. The smallest absolute Gasteiger partial charge is 0.408 e. The van der Waals surface area contributed by atoms with Gasteiger partial charge in [-0.25, -0.2) is 4.79 Å². The maximum atomic E-state index is 11.8. The first kappa shape index (κ1) is 17.2. The number of carbonyl (C=O) groups is 1. The molecule has 1 aliphatic heterocycles. The van der Waals surface area contributed by atoms with E-state index in [9.17, 15) is 4.79 Å². The van der Waals surface area contributed by atoms with Crippen molar-refractivity contribution in [2.24, 2.45) is 5.92 Å². The molecule has 0 bridgehead atoms. The second-order valence-corrected chi connectivity index (χ2v) is 7.20. The van der Waals surface area contributed by atoms with Crippen molar-refractivity contribution in [1.29, 1.82) is 0 Å². The highest BCUT2D eigenvalue weighted by molar-refractivity contribution is 5.68. The molecule has 1 rings (SSSR count). The van der Waals surface area contributed by atoms with Crippen LogP contribution in [0.2, 0.25) is 0 Å². The summed E-state index contributed by atoms with van der Waals surface area (Å²) in [5.41, 5.74) is -0.789. The molecule has 0 aromatic heterocycles. The van der Waals surface area contributed by atoms with Crippen LogP contribution >= 0.6 is 0 Å². The van der Waals surface area contributed by atoms with Crippen LogP contribution in [-0.2, 0) is 9.47 Å². The lowest BCUT2D eigenvalue weighted by atomic mass is 9.99. The molecular formula is C15H30N2O3. The van der Waals surface area contributed by atoms with Crippen LogP contribution in [0.3, 0.4) is 0 Å². The molecule has 0 radical (unpaired) electrons. The highest BCUT2D eigenvalue weighted by Crippen LogP contribution is 2.14. The summed E-state index contributed by atoms with van der Waals surface area (Å²) in [5, 5.41) is 6.34. The molecule has 1 heterocycles. The highest BCUT2D eigenvalue weighted by Gasteiger charge is 2.24. The Hall–Kier alpha value is -0.810. The van der Waals surface area contributed by atoms with E-state index >= 15 is 0 Å². The minimum absolute atomic E-state index is 0.326. The van der Waals surface area contributed by atoms with Crippen molar-refractivity contribution < 1.29 is 14.3 Å². The third-order valence-corrected chi connectivity index (χ3v) is 3.18. The van der Waals surface area contributed by atoms with Gasteiger partial charge in [0, 0.05) is 19.8 Å². The molecule has 5 nitrogen and oxygen atoms in total. The van der Waals surface area contributed by atoms with Gasteiger partial charge in [0.1, 0.15) is 5.60 Å². The van der Waals surface area contributed by atoms with E-state index in [0.29, 0.717) is 5.92 Å². The Bertz CT molecular complexity index is 305. The van der Waals surface area contributed by atoms with Gasteiger partial charge in [0.05, 0.1) is 5.54 Å². The first-order valence-electron chi connectivity index (χ1n) is 7.48. The van der Waals surface area contributed by atoms with Crippen LogP contribution in [0.15, 0.2) is 0 Å². The first-order chi connectivity index (χ1) is 9.18. The number of alkyl carbamates (subject to hydrolysis) is 1. The maximum Gasteiger partial charge on any atom is 0.408 e. The molecule has 0 atom stereocenters. The van der Waals surface area contributed by atoms with Gasteiger partial charge in [0.2, 0.25) is 0 Å². The number of nitrogens with one attached hydrogen (secondary N) is 2. The van der Waals surface area contributed by atoms with Crippen molar-refractivity contribution in [3.63, 3.8) is 0 Å². The van der Waals surface area contributed by atoms with Crippen molar-refractivity contribution in [2.45, 2.75) is 58.6 Å². The van der Waals surface area contributed by atoms with Crippen molar-refractivity contribution in [2.75, 3.05) is 26.3 Å². The van der Waals surface area contributed by atoms with Crippen molar-refractivity contribution >= 4 is 6.09 Å². The summed E-state index contributed by atoms with van der Waals surface area (Å²) in [6, 6.07) is 0. The molecule has 1 saturated heterocycles. The Balaban J connectivity index is 2.24.